The van der Waals surface area contributed by atoms with E-state index in [0.717, 1.165) is 4.13 Å². The molecule has 1 atom stereocenters. The monoisotopic (exact) mass is 561 g/mol. The molecule has 0 aliphatic carbocycles. The molecule has 4 aromatic rings. The summed E-state index contributed by atoms with van der Waals surface area (Å²) in [5, 5.41) is 11.1. The molecule has 0 nitrogen and oxygen atoms in total. The molecule has 0 saturated heterocycles. The normalized spacial score (nSPS) is 12.7. The summed E-state index contributed by atoms with van der Waals surface area (Å²) < 4.78 is 0.791. The topological polar surface area (TPSA) is 0 Å². The van der Waals surface area contributed by atoms with Gasteiger partial charge in [-0.25, -0.2) is 0 Å². The van der Waals surface area contributed by atoms with Crippen molar-refractivity contribution in [3.8, 4) is 0 Å². The number of benzene rings is 4. The fourth-order valence-corrected chi connectivity index (χ4v) is 14.2. The van der Waals surface area contributed by atoms with Gasteiger partial charge in [-0.1, -0.05) is 0 Å². The maximum atomic E-state index is 2.54. The van der Waals surface area contributed by atoms with E-state index in [9.17, 15) is 0 Å². The van der Waals surface area contributed by atoms with Crippen LogP contribution in [0.25, 0.3) is 0 Å². The van der Waals surface area contributed by atoms with E-state index in [-0.39, 0.29) is 15.8 Å². The van der Waals surface area contributed by atoms with Crippen molar-refractivity contribution in [1.82, 2.24) is 0 Å². The summed E-state index contributed by atoms with van der Waals surface area (Å²) in [6.07, 6.45) is 3.88. The van der Waals surface area contributed by atoms with Crippen LogP contribution in [-0.2, 0) is 16.8 Å². The van der Waals surface area contributed by atoms with Gasteiger partial charge in [0.05, 0.1) is 0 Å². The second-order valence-electron chi connectivity index (χ2n) is 8.08. The Morgan fingerprint density at radius 2 is 0.909 bits per heavy atom. The molecular formula is C30H33P2Pd. The van der Waals surface area contributed by atoms with Crippen LogP contribution in [0.2, 0.25) is 10.8 Å². The van der Waals surface area contributed by atoms with Gasteiger partial charge in [-0.2, -0.15) is 0 Å². The van der Waals surface area contributed by atoms with E-state index in [2.05, 4.69) is 132 Å². The number of hydrogen-bond acceptors (Lipinski definition) is 0. The van der Waals surface area contributed by atoms with Crippen molar-refractivity contribution in [2.24, 2.45) is 0 Å². The molecule has 0 spiro atoms. The van der Waals surface area contributed by atoms with Crippen LogP contribution in [0.5, 0.6) is 0 Å². The third-order valence-electron chi connectivity index (χ3n) is 5.70. The Hall–Kier alpha value is -1.60. The van der Waals surface area contributed by atoms with Crippen molar-refractivity contribution in [1.29, 1.82) is 0 Å². The molecular weight excluding hydrogens is 529 g/mol. The van der Waals surface area contributed by atoms with Crippen molar-refractivity contribution in [2.45, 2.75) is 27.8 Å². The van der Waals surface area contributed by atoms with Gasteiger partial charge in [0.1, 0.15) is 0 Å². The molecule has 0 aliphatic heterocycles. The van der Waals surface area contributed by atoms with Gasteiger partial charge in [0, 0.05) is 0 Å². The first-order valence-corrected chi connectivity index (χ1v) is 18.3. The van der Waals surface area contributed by atoms with E-state index in [1.807, 2.05) is 0 Å². The molecule has 0 N–H and O–H groups in total. The van der Waals surface area contributed by atoms with Crippen molar-refractivity contribution in [2.75, 3.05) is 6.16 Å². The summed E-state index contributed by atoms with van der Waals surface area (Å²) in [6, 6.07) is 45.0. The van der Waals surface area contributed by atoms with E-state index in [4.69, 9.17) is 0 Å². The average Bonchev–Trinajstić information content (AvgIpc) is 2.88. The minimum atomic E-state index is -0.616. The fraction of sp³-hybridized carbons (Fsp3) is 0.200. The quantitative estimate of drug-likeness (QED) is 0.143. The molecule has 33 heavy (non-hydrogen) atoms. The molecule has 0 fully saturated rings. The SMILES string of the molecule is [CH3][Pd]([CH3])[CH](CCCP(c1ccccc1)c1ccccc1)P(c1ccccc1)c1ccccc1. The van der Waals surface area contributed by atoms with Gasteiger partial charge in [0.25, 0.3) is 0 Å². The Labute approximate surface area is 208 Å². The Morgan fingerprint density at radius 3 is 1.27 bits per heavy atom. The van der Waals surface area contributed by atoms with Crippen LogP contribution < -0.4 is 21.2 Å². The first-order valence-electron chi connectivity index (χ1n) is 11.3. The van der Waals surface area contributed by atoms with E-state index in [1.165, 1.54) is 40.2 Å². The summed E-state index contributed by atoms with van der Waals surface area (Å²) in [7, 11) is -0.643. The Bertz CT molecular complexity index is 990. The van der Waals surface area contributed by atoms with Crippen molar-refractivity contribution in [3.05, 3.63) is 121 Å². The summed E-state index contributed by atoms with van der Waals surface area (Å²) in [6.45, 7) is 0. The summed E-state index contributed by atoms with van der Waals surface area (Å²) >= 11 is -0.616. The van der Waals surface area contributed by atoms with Gasteiger partial charge in [-0.05, 0) is 0 Å². The molecule has 4 aromatic carbocycles. The van der Waals surface area contributed by atoms with Crippen molar-refractivity contribution in [3.63, 3.8) is 0 Å². The molecule has 0 radical (unpaired) electrons. The van der Waals surface area contributed by atoms with Crippen molar-refractivity contribution >= 4 is 37.1 Å². The first-order chi connectivity index (χ1) is 16.2. The molecule has 0 saturated carbocycles. The maximum absolute atomic E-state index is 2.54. The first kappa shape index (κ1) is 24.5. The zero-order valence-electron chi connectivity index (χ0n) is 19.5. The Kier molecular flexibility index (Phi) is 9.48. The van der Waals surface area contributed by atoms with Gasteiger partial charge in [-0.15, -0.1) is 0 Å². The molecule has 0 amide bonds. The summed E-state index contributed by atoms with van der Waals surface area (Å²) in [5.74, 6) is 0. The van der Waals surface area contributed by atoms with Crippen LogP contribution >= 0.6 is 15.8 Å². The number of rotatable bonds is 10. The number of hydrogen-bond donors (Lipinski definition) is 0. The van der Waals surface area contributed by atoms with E-state index in [1.54, 1.807) is 0 Å². The van der Waals surface area contributed by atoms with Gasteiger partial charge < -0.3 is 0 Å². The Morgan fingerprint density at radius 1 is 0.545 bits per heavy atom. The van der Waals surface area contributed by atoms with Crippen LogP contribution in [0.4, 0.5) is 0 Å². The molecule has 0 aromatic heterocycles. The van der Waals surface area contributed by atoms with Crippen LogP contribution in [0.1, 0.15) is 12.8 Å². The van der Waals surface area contributed by atoms with Gasteiger partial charge >= 0.3 is 209 Å². The second-order valence-corrected chi connectivity index (χ2v) is 17.9. The predicted octanol–water partition coefficient (Wildman–Crippen LogP) is 7.07. The standard InChI is InChI=1S/C28H27P2.2CH3.Pd/c1-5-15-25(16-6-1)29(26-17-7-2-8-18-26)23-13-14-24-30(27-19-9-3-10-20-27)28-21-11-4-12-22-28;;;/h1-12,15-23H,13-14,24H2;2*1H3;. The summed E-state index contributed by atoms with van der Waals surface area (Å²) in [4.78, 5) is 0. The van der Waals surface area contributed by atoms with Gasteiger partial charge in [0.2, 0.25) is 0 Å². The van der Waals surface area contributed by atoms with E-state index < -0.39 is 16.8 Å². The van der Waals surface area contributed by atoms with Crippen molar-refractivity contribution < 1.29 is 16.8 Å². The third-order valence-corrected chi connectivity index (χ3v) is 16.5. The van der Waals surface area contributed by atoms with E-state index in [0.29, 0.717) is 0 Å². The Balaban J connectivity index is 1.57. The van der Waals surface area contributed by atoms with Gasteiger partial charge in [-0.3, -0.25) is 0 Å². The van der Waals surface area contributed by atoms with Crippen LogP contribution in [0, 0.1) is 0 Å². The predicted molar refractivity (Wildman–Crippen MR) is 148 cm³/mol. The third kappa shape index (κ3) is 6.72. The molecule has 0 aliphatic rings. The molecule has 4 rings (SSSR count). The van der Waals surface area contributed by atoms with Crippen LogP contribution in [-0.4, -0.2) is 10.3 Å². The fourth-order valence-electron chi connectivity index (χ4n) is 4.13. The van der Waals surface area contributed by atoms with E-state index >= 15 is 0 Å². The molecule has 173 valence electrons. The molecule has 0 bridgehead atoms. The minimum absolute atomic E-state index is 0.308. The van der Waals surface area contributed by atoms with Crippen LogP contribution in [0.15, 0.2) is 121 Å². The zero-order valence-corrected chi connectivity index (χ0v) is 22.8. The molecule has 3 heteroatoms. The molecule has 0 heterocycles. The average molecular weight is 562 g/mol. The zero-order chi connectivity index (χ0) is 22.9. The summed E-state index contributed by atoms with van der Waals surface area (Å²) in [5.41, 5.74) is 0. The molecule has 1 unspecified atom stereocenters. The second kappa shape index (κ2) is 12.8. The van der Waals surface area contributed by atoms with Gasteiger partial charge in [0.15, 0.2) is 0 Å². The van der Waals surface area contributed by atoms with Crippen LogP contribution in [0.3, 0.4) is 0 Å².